The minimum atomic E-state index is -0.843. The highest BCUT2D eigenvalue weighted by Gasteiger charge is 2.16. The molecule has 2 aromatic rings. The molecule has 0 spiro atoms. The topological polar surface area (TPSA) is 103 Å². The van der Waals surface area contributed by atoms with Crippen molar-refractivity contribution in [3.8, 4) is 11.4 Å². The van der Waals surface area contributed by atoms with Crippen LogP contribution in [0.25, 0.3) is 11.4 Å². The first-order valence-electron chi connectivity index (χ1n) is 6.66. The van der Waals surface area contributed by atoms with E-state index in [9.17, 15) is 9.59 Å². The zero-order chi connectivity index (χ0) is 15.4. The van der Waals surface area contributed by atoms with E-state index in [0.29, 0.717) is 24.4 Å². The van der Waals surface area contributed by atoms with Gasteiger partial charge in [-0.15, -0.1) is 5.10 Å². The van der Waals surface area contributed by atoms with E-state index in [4.69, 9.17) is 5.11 Å². The fourth-order valence-corrected chi connectivity index (χ4v) is 2.05. The summed E-state index contributed by atoms with van der Waals surface area (Å²) in [5, 5.41) is 20.3. The molecule has 0 aromatic carbocycles. The average molecular weight is 291 g/mol. The molecule has 0 aliphatic rings. The molecule has 0 aliphatic heterocycles. The van der Waals surface area contributed by atoms with E-state index in [1.165, 1.54) is 10.6 Å². The van der Waals surface area contributed by atoms with Gasteiger partial charge in [-0.2, -0.15) is 0 Å². The average Bonchev–Trinajstić information content (AvgIpc) is 2.88. The lowest BCUT2D eigenvalue weighted by Crippen LogP contribution is -2.17. The molecule has 0 amide bonds. The highest BCUT2D eigenvalue weighted by molar-refractivity contribution is 5.67. The number of aryl methyl sites for hydroxylation is 1. The zero-order valence-corrected chi connectivity index (χ0v) is 11.9. The Hall–Kier alpha value is -2.51. The SMILES string of the molecule is CCC(CC(=O)O)Cn1nnnc1-c1ccn(C)c(=O)c1. The summed E-state index contributed by atoms with van der Waals surface area (Å²) in [6, 6.07) is 3.21. The highest BCUT2D eigenvalue weighted by atomic mass is 16.4. The van der Waals surface area contributed by atoms with Crippen molar-refractivity contribution in [3.63, 3.8) is 0 Å². The molecule has 1 atom stereocenters. The largest absolute Gasteiger partial charge is 0.481 e. The summed E-state index contributed by atoms with van der Waals surface area (Å²) in [4.78, 5) is 22.5. The lowest BCUT2D eigenvalue weighted by molar-refractivity contribution is -0.138. The molecule has 0 bridgehead atoms. The predicted octanol–water partition coefficient (Wildman–Crippen LogP) is 0.540. The monoisotopic (exact) mass is 291 g/mol. The fraction of sp³-hybridized carbons (Fsp3) is 0.462. The lowest BCUT2D eigenvalue weighted by atomic mass is 10.0. The minimum absolute atomic E-state index is 0.0590. The highest BCUT2D eigenvalue weighted by Crippen LogP contribution is 2.17. The van der Waals surface area contributed by atoms with E-state index in [1.807, 2.05) is 6.92 Å². The van der Waals surface area contributed by atoms with Crippen LogP contribution in [0.2, 0.25) is 0 Å². The molecule has 2 rings (SSSR count). The van der Waals surface area contributed by atoms with Gasteiger partial charge in [-0.1, -0.05) is 13.3 Å². The van der Waals surface area contributed by atoms with Crippen molar-refractivity contribution < 1.29 is 9.90 Å². The van der Waals surface area contributed by atoms with Crippen LogP contribution < -0.4 is 5.56 Å². The first-order valence-corrected chi connectivity index (χ1v) is 6.66. The number of carbonyl (C=O) groups is 1. The molecule has 0 saturated carbocycles. The number of hydrogen-bond acceptors (Lipinski definition) is 5. The molecule has 8 nitrogen and oxygen atoms in total. The molecule has 2 heterocycles. The Morgan fingerprint density at radius 2 is 2.24 bits per heavy atom. The first kappa shape index (κ1) is 14.9. The maximum absolute atomic E-state index is 11.7. The number of carboxylic acids is 1. The van der Waals surface area contributed by atoms with Crippen LogP contribution in [0.3, 0.4) is 0 Å². The Labute approximate surface area is 121 Å². The minimum Gasteiger partial charge on any atom is -0.481 e. The molecule has 21 heavy (non-hydrogen) atoms. The summed E-state index contributed by atoms with van der Waals surface area (Å²) >= 11 is 0. The molecule has 0 saturated heterocycles. The van der Waals surface area contributed by atoms with Crippen LogP contribution in [-0.2, 0) is 18.4 Å². The standard InChI is InChI=1S/C13H17N5O3/c1-3-9(6-12(20)21)8-18-13(14-15-16-18)10-4-5-17(2)11(19)7-10/h4-5,7,9H,3,6,8H2,1-2H3,(H,20,21). The zero-order valence-electron chi connectivity index (χ0n) is 11.9. The van der Waals surface area contributed by atoms with Gasteiger partial charge < -0.3 is 9.67 Å². The van der Waals surface area contributed by atoms with Crippen molar-refractivity contribution >= 4 is 5.97 Å². The van der Waals surface area contributed by atoms with Crippen molar-refractivity contribution in [1.82, 2.24) is 24.8 Å². The second kappa shape index (κ2) is 6.29. The van der Waals surface area contributed by atoms with Crippen molar-refractivity contribution in [3.05, 3.63) is 28.7 Å². The Morgan fingerprint density at radius 3 is 2.86 bits per heavy atom. The Balaban J connectivity index is 2.27. The summed E-state index contributed by atoms with van der Waals surface area (Å²) in [5.41, 5.74) is 0.466. The van der Waals surface area contributed by atoms with E-state index in [0.717, 1.165) is 0 Å². The Kier molecular flexibility index (Phi) is 4.46. The number of pyridine rings is 1. The van der Waals surface area contributed by atoms with Crippen LogP contribution in [-0.4, -0.2) is 35.9 Å². The quantitative estimate of drug-likeness (QED) is 0.833. The van der Waals surface area contributed by atoms with E-state index < -0.39 is 5.97 Å². The van der Waals surface area contributed by atoms with Gasteiger partial charge in [0.05, 0.1) is 0 Å². The lowest BCUT2D eigenvalue weighted by Gasteiger charge is -2.13. The predicted molar refractivity (Wildman–Crippen MR) is 74.5 cm³/mol. The summed E-state index contributed by atoms with van der Waals surface area (Å²) in [5.74, 6) is -0.433. The van der Waals surface area contributed by atoms with Gasteiger partial charge in [-0.05, 0) is 22.4 Å². The molecule has 0 aliphatic carbocycles. The number of aromatic nitrogens is 5. The van der Waals surface area contributed by atoms with Crippen molar-refractivity contribution in [2.75, 3.05) is 0 Å². The van der Waals surface area contributed by atoms with E-state index >= 15 is 0 Å². The molecule has 112 valence electrons. The smallest absolute Gasteiger partial charge is 0.303 e. The van der Waals surface area contributed by atoms with E-state index in [1.54, 1.807) is 24.0 Å². The second-order valence-electron chi connectivity index (χ2n) is 4.92. The van der Waals surface area contributed by atoms with Crippen LogP contribution >= 0.6 is 0 Å². The van der Waals surface area contributed by atoms with Gasteiger partial charge >= 0.3 is 5.97 Å². The third kappa shape index (κ3) is 3.53. The number of nitrogens with zero attached hydrogens (tertiary/aromatic N) is 5. The second-order valence-corrected chi connectivity index (χ2v) is 4.92. The maximum Gasteiger partial charge on any atom is 0.303 e. The molecule has 2 aromatic heterocycles. The number of aliphatic carboxylic acids is 1. The summed E-state index contributed by atoms with van der Waals surface area (Å²) in [6.45, 7) is 2.33. The molecule has 1 N–H and O–H groups in total. The van der Waals surface area contributed by atoms with Crippen molar-refractivity contribution in [1.29, 1.82) is 0 Å². The van der Waals surface area contributed by atoms with Gasteiger partial charge in [0.25, 0.3) is 5.56 Å². The normalized spacial score (nSPS) is 12.3. The van der Waals surface area contributed by atoms with Crippen LogP contribution in [0.5, 0.6) is 0 Å². The van der Waals surface area contributed by atoms with Crippen LogP contribution in [0, 0.1) is 5.92 Å². The summed E-state index contributed by atoms with van der Waals surface area (Å²) in [7, 11) is 1.66. The number of rotatable bonds is 6. The molecule has 0 fully saturated rings. The first-order chi connectivity index (χ1) is 10.0. The van der Waals surface area contributed by atoms with Gasteiger partial charge in [0.15, 0.2) is 5.82 Å². The van der Waals surface area contributed by atoms with Gasteiger partial charge in [0.1, 0.15) is 0 Å². The van der Waals surface area contributed by atoms with Gasteiger partial charge in [0, 0.05) is 37.8 Å². The molecular formula is C13H17N5O3. The summed E-state index contributed by atoms with van der Waals surface area (Å²) in [6.07, 6.45) is 2.42. The molecule has 1 unspecified atom stereocenters. The van der Waals surface area contributed by atoms with Crippen LogP contribution in [0.1, 0.15) is 19.8 Å². The van der Waals surface area contributed by atoms with Crippen molar-refractivity contribution in [2.24, 2.45) is 13.0 Å². The van der Waals surface area contributed by atoms with Gasteiger partial charge in [0.2, 0.25) is 0 Å². The third-order valence-electron chi connectivity index (χ3n) is 3.37. The van der Waals surface area contributed by atoms with E-state index in [2.05, 4.69) is 15.5 Å². The molecule has 8 heteroatoms. The van der Waals surface area contributed by atoms with Gasteiger partial charge in [-0.3, -0.25) is 9.59 Å². The summed E-state index contributed by atoms with van der Waals surface area (Å²) < 4.78 is 3.00. The number of tetrazole rings is 1. The van der Waals surface area contributed by atoms with E-state index in [-0.39, 0.29) is 17.9 Å². The molecule has 0 radical (unpaired) electrons. The van der Waals surface area contributed by atoms with Crippen molar-refractivity contribution in [2.45, 2.75) is 26.3 Å². The fourth-order valence-electron chi connectivity index (χ4n) is 2.05. The van der Waals surface area contributed by atoms with Gasteiger partial charge in [-0.25, -0.2) is 4.68 Å². The van der Waals surface area contributed by atoms with Crippen LogP contribution in [0.15, 0.2) is 23.1 Å². The number of hydrogen-bond donors (Lipinski definition) is 1. The number of carboxylic acid groups (broad SMARTS) is 1. The Bertz CT molecular complexity index is 691. The van der Waals surface area contributed by atoms with Crippen LogP contribution in [0.4, 0.5) is 0 Å². The third-order valence-corrected chi connectivity index (χ3v) is 3.37. The Morgan fingerprint density at radius 1 is 1.48 bits per heavy atom. The maximum atomic E-state index is 11.7. The molecular weight excluding hydrogens is 274 g/mol.